The van der Waals surface area contributed by atoms with Crippen LogP contribution in [0.15, 0.2) is 67.1 Å². The Morgan fingerprint density at radius 3 is 2.67 bits per heavy atom. The van der Waals surface area contributed by atoms with Crippen molar-refractivity contribution >= 4 is 22.4 Å². The summed E-state index contributed by atoms with van der Waals surface area (Å²) >= 11 is 0. The van der Waals surface area contributed by atoms with E-state index in [9.17, 15) is 8.78 Å². The molecule has 2 aromatic heterocycles. The number of fused-ring (bicyclic) bond motifs is 1. The molecule has 6 nitrogen and oxygen atoms in total. The van der Waals surface area contributed by atoms with Gasteiger partial charge in [0.2, 0.25) is 0 Å². The van der Waals surface area contributed by atoms with E-state index >= 15 is 0 Å². The Morgan fingerprint density at radius 2 is 1.85 bits per heavy atom. The number of anilines is 2. The number of halogens is 2. The molecule has 0 saturated heterocycles. The monoisotopic (exact) mass is 365 g/mol. The lowest BCUT2D eigenvalue weighted by molar-refractivity contribution is -0.0497. The summed E-state index contributed by atoms with van der Waals surface area (Å²) in [7, 11) is 0. The summed E-state index contributed by atoms with van der Waals surface area (Å²) in [5.41, 5.74) is 1.86. The molecule has 2 heterocycles. The first-order valence-electron chi connectivity index (χ1n) is 8.04. The smallest absolute Gasteiger partial charge is 0.387 e. The molecule has 0 spiro atoms. The van der Waals surface area contributed by atoms with Crippen LogP contribution in [0, 0.1) is 0 Å². The van der Waals surface area contributed by atoms with Crippen LogP contribution in [-0.4, -0.2) is 26.5 Å². The summed E-state index contributed by atoms with van der Waals surface area (Å²) in [5, 5.41) is 3.94. The number of hydrogen-bond acceptors (Lipinski definition) is 6. The number of para-hydroxylation sites is 1. The van der Waals surface area contributed by atoms with Gasteiger partial charge in [-0.3, -0.25) is 0 Å². The van der Waals surface area contributed by atoms with Gasteiger partial charge in [0.1, 0.15) is 23.6 Å². The maximum Gasteiger partial charge on any atom is 0.387 e. The third-order valence-corrected chi connectivity index (χ3v) is 3.74. The van der Waals surface area contributed by atoms with Crippen molar-refractivity contribution in [3.63, 3.8) is 0 Å². The van der Waals surface area contributed by atoms with Crippen LogP contribution >= 0.6 is 0 Å². The normalized spacial score (nSPS) is 10.9. The predicted molar refractivity (Wildman–Crippen MR) is 96.9 cm³/mol. The maximum atomic E-state index is 12.5. The minimum atomic E-state index is -2.88. The highest BCUT2D eigenvalue weighted by Gasteiger charge is 2.11. The van der Waals surface area contributed by atoms with Gasteiger partial charge >= 0.3 is 6.61 Å². The Balaban J connectivity index is 1.77. The van der Waals surface area contributed by atoms with Crippen molar-refractivity contribution in [3.8, 4) is 17.3 Å². The fourth-order valence-corrected chi connectivity index (χ4v) is 2.60. The molecule has 0 fully saturated rings. The molecule has 0 atom stereocenters. The summed E-state index contributed by atoms with van der Waals surface area (Å²) in [5.74, 6) is 1.02. The molecule has 0 amide bonds. The molecule has 4 rings (SSSR count). The number of nitrogens with one attached hydrogen (secondary N) is 1. The van der Waals surface area contributed by atoms with E-state index in [2.05, 4.69) is 30.0 Å². The zero-order valence-corrected chi connectivity index (χ0v) is 13.9. The summed E-state index contributed by atoms with van der Waals surface area (Å²) in [6, 6.07) is 15.5. The van der Waals surface area contributed by atoms with Crippen LogP contribution < -0.4 is 10.1 Å². The second-order valence-electron chi connectivity index (χ2n) is 5.54. The van der Waals surface area contributed by atoms with Crippen molar-refractivity contribution in [1.82, 2.24) is 19.9 Å². The van der Waals surface area contributed by atoms with Gasteiger partial charge in [-0.1, -0.05) is 18.2 Å². The Labute approximate surface area is 152 Å². The highest BCUT2D eigenvalue weighted by Crippen LogP contribution is 2.28. The molecule has 0 aliphatic carbocycles. The van der Waals surface area contributed by atoms with Crippen LogP contribution in [-0.2, 0) is 0 Å². The Hall–Kier alpha value is -3.68. The van der Waals surface area contributed by atoms with Gasteiger partial charge in [0, 0.05) is 23.3 Å². The van der Waals surface area contributed by atoms with Crippen molar-refractivity contribution < 1.29 is 13.5 Å². The number of rotatable bonds is 5. The van der Waals surface area contributed by atoms with Gasteiger partial charge in [-0.05, 0) is 30.3 Å². The van der Waals surface area contributed by atoms with Gasteiger partial charge in [-0.25, -0.2) is 19.9 Å². The zero-order chi connectivity index (χ0) is 18.6. The third-order valence-electron chi connectivity index (χ3n) is 3.74. The summed E-state index contributed by atoms with van der Waals surface area (Å²) in [6.07, 6.45) is 3.03. The third kappa shape index (κ3) is 3.79. The lowest BCUT2D eigenvalue weighted by Crippen LogP contribution is -2.03. The Kier molecular flexibility index (Phi) is 4.52. The maximum absolute atomic E-state index is 12.5. The number of nitrogens with zero attached hydrogens (tertiary/aromatic N) is 4. The van der Waals surface area contributed by atoms with E-state index in [0.29, 0.717) is 23.0 Å². The van der Waals surface area contributed by atoms with Gasteiger partial charge in [0.25, 0.3) is 0 Å². The fourth-order valence-electron chi connectivity index (χ4n) is 2.60. The van der Waals surface area contributed by atoms with Gasteiger partial charge in [0.05, 0.1) is 5.52 Å². The number of hydrogen-bond donors (Lipinski definition) is 1. The molecule has 4 aromatic rings. The number of benzene rings is 2. The average Bonchev–Trinajstić information content (AvgIpc) is 2.68. The van der Waals surface area contributed by atoms with Crippen molar-refractivity contribution in [3.05, 3.63) is 67.1 Å². The van der Waals surface area contributed by atoms with E-state index in [1.807, 2.05) is 24.3 Å². The number of aromatic nitrogens is 4. The van der Waals surface area contributed by atoms with Crippen LogP contribution in [0.3, 0.4) is 0 Å². The van der Waals surface area contributed by atoms with E-state index in [0.717, 1.165) is 10.9 Å². The minimum Gasteiger partial charge on any atom is -0.435 e. The number of alkyl halides is 2. The largest absolute Gasteiger partial charge is 0.435 e. The molecule has 2 aromatic carbocycles. The van der Waals surface area contributed by atoms with Crippen LogP contribution in [0.4, 0.5) is 20.3 Å². The van der Waals surface area contributed by atoms with E-state index in [1.165, 1.54) is 18.5 Å². The molecule has 27 heavy (non-hydrogen) atoms. The molecule has 0 aliphatic heterocycles. The van der Waals surface area contributed by atoms with Crippen molar-refractivity contribution in [2.24, 2.45) is 0 Å². The van der Waals surface area contributed by atoms with Crippen molar-refractivity contribution in [2.75, 3.05) is 5.32 Å². The van der Waals surface area contributed by atoms with Crippen LogP contribution in [0.25, 0.3) is 22.4 Å². The van der Waals surface area contributed by atoms with Crippen LogP contribution in [0.5, 0.6) is 5.75 Å². The van der Waals surface area contributed by atoms with E-state index < -0.39 is 6.61 Å². The summed E-state index contributed by atoms with van der Waals surface area (Å²) in [6.45, 7) is -2.88. The highest BCUT2D eigenvalue weighted by molar-refractivity contribution is 5.92. The average molecular weight is 365 g/mol. The van der Waals surface area contributed by atoms with E-state index in [1.54, 1.807) is 24.4 Å². The molecular formula is C19H13F2N5O. The summed E-state index contributed by atoms with van der Waals surface area (Å²) < 4.78 is 29.4. The molecule has 0 bridgehead atoms. The first-order chi connectivity index (χ1) is 13.2. The Morgan fingerprint density at radius 1 is 0.963 bits per heavy atom. The molecule has 0 aliphatic rings. The zero-order valence-electron chi connectivity index (χ0n) is 13.9. The standard InChI is InChI=1S/C19H13F2N5O/c20-19(21)27-13-5-3-4-12(10-13)24-17-14-6-1-2-7-15(14)25-18(26-17)16-8-9-22-11-23-16/h1-11,19H,(H,24,25,26). The topological polar surface area (TPSA) is 72.8 Å². The molecule has 0 unspecified atom stereocenters. The van der Waals surface area contributed by atoms with Gasteiger partial charge in [-0.15, -0.1) is 0 Å². The molecular weight excluding hydrogens is 352 g/mol. The molecule has 8 heteroatoms. The van der Waals surface area contributed by atoms with Gasteiger partial charge < -0.3 is 10.1 Å². The van der Waals surface area contributed by atoms with Crippen molar-refractivity contribution in [1.29, 1.82) is 0 Å². The molecule has 0 radical (unpaired) electrons. The van der Waals surface area contributed by atoms with Gasteiger partial charge in [0.15, 0.2) is 5.82 Å². The van der Waals surface area contributed by atoms with Crippen LogP contribution in [0.1, 0.15) is 0 Å². The Bertz CT molecular complexity index is 1080. The molecule has 134 valence electrons. The van der Waals surface area contributed by atoms with Crippen LogP contribution in [0.2, 0.25) is 0 Å². The number of ether oxygens (including phenoxy) is 1. The second kappa shape index (κ2) is 7.28. The van der Waals surface area contributed by atoms with Crippen molar-refractivity contribution in [2.45, 2.75) is 6.61 Å². The lowest BCUT2D eigenvalue weighted by Gasteiger charge is -2.12. The fraction of sp³-hybridized carbons (Fsp3) is 0.0526. The predicted octanol–water partition coefficient (Wildman–Crippen LogP) is 4.43. The second-order valence-corrected chi connectivity index (χ2v) is 5.54. The molecule has 0 saturated carbocycles. The quantitative estimate of drug-likeness (QED) is 0.564. The van der Waals surface area contributed by atoms with Gasteiger partial charge in [-0.2, -0.15) is 8.78 Å². The highest BCUT2D eigenvalue weighted by atomic mass is 19.3. The SMILES string of the molecule is FC(F)Oc1cccc(Nc2nc(-c3ccncn3)nc3ccccc23)c1. The molecule has 1 N–H and O–H groups in total. The first kappa shape index (κ1) is 16.8. The first-order valence-corrected chi connectivity index (χ1v) is 8.04. The van der Waals surface area contributed by atoms with E-state index in [4.69, 9.17) is 0 Å². The summed E-state index contributed by atoms with van der Waals surface area (Å²) in [4.78, 5) is 17.2. The minimum absolute atomic E-state index is 0.0596. The van der Waals surface area contributed by atoms with E-state index in [-0.39, 0.29) is 5.75 Å². The lowest BCUT2D eigenvalue weighted by atomic mass is 10.2.